The van der Waals surface area contributed by atoms with E-state index in [1.807, 2.05) is 36.4 Å². The van der Waals surface area contributed by atoms with E-state index in [0.29, 0.717) is 22.9 Å². The Kier molecular flexibility index (Phi) is 4.31. The number of fused-ring (bicyclic) bond motifs is 1. The number of anilines is 2. The highest BCUT2D eigenvalue weighted by atomic mass is 35.5. The van der Waals surface area contributed by atoms with Crippen molar-refractivity contribution in [2.45, 2.75) is 6.42 Å². The Morgan fingerprint density at radius 3 is 2.85 bits per heavy atom. The predicted molar refractivity (Wildman–Crippen MR) is 102 cm³/mol. The van der Waals surface area contributed by atoms with Crippen LogP contribution in [0.2, 0.25) is 5.02 Å². The van der Waals surface area contributed by atoms with Gasteiger partial charge in [0, 0.05) is 29.1 Å². The summed E-state index contributed by atoms with van der Waals surface area (Å²) in [4.78, 5) is 30.9. The van der Waals surface area contributed by atoms with Gasteiger partial charge in [0.25, 0.3) is 0 Å². The van der Waals surface area contributed by atoms with Crippen molar-refractivity contribution in [2.75, 3.05) is 16.8 Å². The Balaban J connectivity index is 1.49. The molecule has 5 nitrogen and oxygen atoms in total. The predicted octanol–water partition coefficient (Wildman–Crippen LogP) is 3.88. The number of carbonyl (C=O) groups excluding carboxylic acids is 2. The van der Waals surface area contributed by atoms with Crippen molar-refractivity contribution in [1.82, 2.24) is 4.98 Å². The molecule has 2 heterocycles. The second-order valence-corrected chi connectivity index (χ2v) is 6.73. The van der Waals surface area contributed by atoms with Crippen LogP contribution in [-0.4, -0.2) is 23.3 Å². The lowest BCUT2D eigenvalue weighted by Crippen LogP contribution is -2.28. The number of hydrogen-bond donors (Lipinski definition) is 1. The maximum Gasteiger partial charge on any atom is 0.229 e. The van der Waals surface area contributed by atoms with Crippen LogP contribution in [-0.2, 0) is 9.59 Å². The van der Waals surface area contributed by atoms with Gasteiger partial charge in [0.2, 0.25) is 11.8 Å². The zero-order valence-corrected chi connectivity index (χ0v) is 14.6. The molecule has 3 aromatic rings. The fourth-order valence-corrected chi connectivity index (χ4v) is 3.35. The quantitative estimate of drug-likeness (QED) is 0.766. The van der Waals surface area contributed by atoms with Gasteiger partial charge in [0.15, 0.2) is 0 Å². The molecule has 2 aromatic carbocycles. The largest absolute Gasteiger partial charge is 0.324 e. The van der Waals surface area contributed by atoms with E-state index in [-0.39, 0.29) is 18.2 Å². The summed E-state index contributed by atoms with van der Waals surface area (Å²) in [6, 6.07) is 16.7. The molecule has 1 aliphatic rings. The standard InChI is InChI=1S/C20H16ClN3O2/c21-15-5-3-6-17(10-15)24-12-14(9-19(24)25)20(26)23-16-8-13-4-1-2-7-18(13)22-11-16/h1-8,10-11,14H,9,12H2,(H,23,26). The molecule has 0 spiro atoms. The third kappa shape index (κ3) is 3.26. The van der Waals surface area contributed by atoms with Crippen molar-refractivity contribution in [2.24, 2.45) is 5.92 Å². The Labute approximate surface area is 155 Å². The first-order valence-corrected chi connectivity index (χ1v) is 8.69. The molecule has 1 atom stereocenters. The van der Waals surface area contributed by atoms with Gasteiger partial charge < -0.3 is 10.2 Å². The monoisotopic (exact) mass is 365 g/mol. The molecule has 130 valence electrons. The Morgan fingerprint density at radius 1 is 1.15 bits per heavy atom. The molecule has 6 heteroatoms. The zero-order chi connectivity index (χ0) is 18.1. The zero-order valence-electron chi connectivity index (χ0n) is 13.9. The highest BCUT2D eigenvalue weighted by Crippen LogP contribution is 2.28. The van der Waals surface area contributed by atoms with Gasteiger partial charge in [-0.05, 0) is 30.3 Å². The van der Waals surface area contributed by atoms with Gasteiger partial charge in [-0.25, -0.2) is 0 Å². The minimum absolute atomic E-state index is 0.0796. The van der Waals surface area contributed by atoms with Crippen LogP contribution in [0, 0.1) is 5.92 Å². The number of nitrogens with one attached hydrogen (secondary N) is 1. The van der Waals surface area contributed by atoms with Gasteiger partial charge in [-0.1, -0.05) is 35.9 Å². The summed E-state index contributed by atoms with van der Waals surface area (Å²) in [7, 11) is 0. The Morgan fingerprint density at radius 2 is 2.00 bits per heavy atom. The van der Waals surface area contributed by atoms with Crippen molar-refractivity contribution in [1.29, 1.82) is 0 Å². The number of amides is 2. The third-order valence-corrected chi connectivity index (χ3v) is 4.71. The second kappa shape index (κ2) is 6.77. The maximum atomic E-state index is 12.6. The highest BCUT2D eigenvalue weighted by molar-refractivity contribution is 6.31. The Bertz CT molecular complexity index is 1010. The number of hydrogen-bond acceptors (Lipinski definition) is 3. The van der Waals surface area contributed by atoms with Crippen molar-refractivity contribution in [3.05, 3.63) is 65.8 Å². The molecule has 0 radical (unpaired) electrons. The highest BCUT2D eigenvalue weighted by Gasteiger charge is 2.35. The van der Waals surface area contributed by atoms with E-state index in [9.17, 15) is 9.59 Å². The second-order valence-electron chi connectivity index (χ2n) is 6.29. The lowest BCUT2D eigenvalue weighted by atomic mass is 10.1. The van der Waals surface area contributed by atoms with Crippen LogP contribution in [0.25, 0.3) is 10.9 Å². The summed E-state index contributed by atoms with van der Waals surface area (Å²) in [5.41, 5.74) is 2.21. The van der Waals surface area contributed by atoms with E-state index in [1.165, 1.54) is 0 Å². The average Bonchev–Trinajstić information content (AvgIpc) is 3.03. The van der Waals surface area contributed by atoms with Gasteiger partial charge in [-0.3, -0.25) is 14.6 Å². The normalized spacial score (nSPS) is 16.9. The van der Waals surface area contributed by atoms with E-state index in [0.717, 1.165) is 10.9 Å². The topological polar surface area (TPSA) is 62.3 Å². The van der Waals surface area contributed by atoms with Crippen LogP contribution in [0.4, 0.5) is 11.4 Å². The van der Waals surface area contributed by atoms with Crippen LogP contribution in [0.15, 0.2) is 60.8 Å². The van der Waals surface area contributed by atoms with Crippen LogP contribution >= 0.6 is 11.6 Å². The number of halogens is 1. The molecule has 2 amide bonds. The summed E-state index contributed by atoms with van der Waals surface area (Å²) in [5.74, 6) is -0.669. The minimum atomic E-state index is -0.409. The molecule has 26 heavy (non-hydrogen) atoms. The fraction of sp³-hybridized carbons (Fsp3) is 0.150. The molecular formula is C20H16ClN3O2. The van der Waals surface area contributed by atoms with Crippen molar-refractivity contribution >= 4 is 45.7 Å². The van der Waals surface area contributed by atoms with Crippen LogP contribution in [0.5, 0.6) is 0 Å². The number of para-hydroxylation sites is 1. The van der Waals surface area contributed by atoms with E-state index in [2.05, 4.69) is 10.3 Å². The first-order valence-electron chi connectivity index (χ1n) is 8.32. The minimum Gasteiger partial charge on any atom is -0.324 e. The first-order chi connectivity index (χ1) is 12.6. The number of aromatic nitrogens is 1. The average molecular weight is 366 g/mol. The molecule has 0 bridgehead atoms. The van der Waals surface area contributed by atoms with Crippen molar-refractivity contribution < 1.29 is 9.59 Å². The molecule has 1 unspecified atom stereocenters. The van der Waals surface area contributed by atoms with Gasteiger partial charge in [-0.2, -0.15) is 0 Å². The molecular weight excluding hydrogens is 350 g/mol. The smallest absolute Gasteiger partial charge is 0.229 e. The van der Waals surface area contributed by atoms with Gasteiger partial charge >= 0.3 is 0 Å². The summed E-state index contributed by atoms with van der Waals surface area (Å²) in [6.07, 6.45) is 1.81. The lowest BCUT2D eigenvalue weighted by Gasteiger charge is -2.17. The van der Waals surface area contributed by atoms with E-state index < -0.39 is 5.92 Å². The summed E-state index contributed by atoms with van der Waals surface area (Å²) in [6.45, 7) is 0.339. The number of pyridine rings is 1. The molecule has 1 N–H and O–H groups in total. The lowest BCUT2D eigenvalue weighted by molar-refractivity contribution is -0.122. The van der Waals surface area contributed by atoms with E-state index in [1.54, 1.807) is 29.3 Å². The Hall–Kier alpha value is -2.92. The maximum absolute atomic E-state index is 12.6. The van der Waals surface area contributed by atoms with E-state index >= 15 is 0 Å². The summed E-state index contributed by atoms with van der Waals surface area (Å²) < 4.78 is 0. The molecule has 1 fully saturated rings. The summed E-state index contributed by atoms with van der Waals surface area (Å²) in [5, 5.41) is 4.39. The number of benzene rings is 2. The van der Waals surface area contributed by atoms with Gasteiger partial charge in [0.1, 0.15) is 0 Å². The van der Waals surface area contributed by atoms with Gasteiger partial charge in [-0.15, -0.1) is 0 Å². The molecule has 4 rings (SSSR count). The number of carbonyl (C=O) groups is 2. The van der Waals surface area contributed by atoms with Crippen molar-refractivity contribution in [3.63, 3.8) is 0 Å². The third-order valence-electron chi connectivity index (χ3n) is 4.47. The summed E-state index contributed by atoms with van der Waals surface area (Å²) >= 11 is 6.00. The van der Waals surface area contributed by atoms with Crippen LogP contribution < -0.4 is 10.2 Å². The van der Waals surface area contributed by atoms with Crippen LogP contribution in [0.3, 0.4) is 0 Å². The first kappa shape index (κ1) is 16.5. The molecule has 0 saturated carbocycles. The molecule has 1 aliphatic heterocycles. The fourth-order valence-electron chi connectivity index (χ4n) is 3.16. The number of nitrogens with zero attached hydrogens (tertiary/aromatic N) is 2. The van der Waals surface area contributed by atoms with Gasteiger partial charge in [0.05, 0.1) is 23.3 Å². The molecule has 1 saturated heterocycles. The number of rotatable bonds is 3. The SMILES string of the molecule is O=C(Nc1cnc2ccccc2c1)C1CC(=O)N(c2cccc(Cl)c2)C1. The molecule has 0 aliphatic carbocycles. The van der Waals surface area contributed by atoms with E-state index in [4.69, 9.17) is 11.6 Å². The van der Waals surface area contributed by atoms with Crippen LogP contribution in [0.1, 0.15) is 6.42 Å². The van der Waals surface area contributed by atoms with Crippen molar-refractivity contribution in [3.8, 4) is 0 Å². The molecule has 1 aromatic heterocycles.